The highest BCUT2D eigenvalue weighted by molar-refractivity contribution is 8.00. The van der Waals surface area contributed by atoms with Crippen molar-refractivity contribution >= 4 is 34.7 Å². The molecule has 0 aliphatic carbocycles. The van der Waals surface area contributed by atoms with Gasteiger partial charge in [0.05, 0.1) is 11.3 Å². The Morgan fingerprint density at radius 2 is 2.19 bits per heavy atom. The van der Waals surface area contributed by atoms with Gasteiger partial charge in [-0.05, 0) is 24.6 Å². The second-order valence-electron chi connectivity index (χ2n) is 4.59. The molecule has 7 heteroatoms. The average Bonchev–Trinajstić information content (AvgIpc) is 3.03. The Balaban J connectivity index is 1.72. The first kappa shape index (κ1) is 14.6. The van der Waals surface area contributed by atoms with Crippen molar-refractivity contribution in [1.82, 2.24) is 20.0 Å². The number of aryl methyl sites for hydroxylation is 2. The van der Waals surface area contributed by atoms with Crippen LogP contribution in [0.3, 0.4) is 0 Å². The predicted molar refractivity (Wildman–Crippen MR) is 87.9 cm³/mol. The number of hydrogen-bond acceptors (Lipinski definition) is 5. The fourth-order valence-electron chi connectivity index (χ4n) is 1.96. The van der Waals surface area contributed by atoms with Gasteiger partial charge in [0, 0.05) is 24.0 Å². The van der Waals surface area contributed by atoms with Gasteiger partial charge in [-0.15, -0.1) is 10.2 Å². The van der Waals surface area contributed by atoms with Crippen molar-refractivity contribution in [2.45, 2.75) is 17.0 Å². The summed E-state index contributed by atoms with van der Waals surface area (Å²) in [6.07, 6.45) is 1.97. The zero-order valence-electron chi connectivity index (χ0n) is 11.6. The van der Waals surface area contributed by atoms with Crippen LogP contribution in [0.2, 0.25) is 5.02 Å². The van der Waals surface area contributed by atoms with Crippen LogP contribution in [0.5, 0.6) is 0 Å². The molecule has 0 spiro atoms. The average molecular weight is 337 g/mol. The van der Waals surface area contributed by atoms with E-state index in [-0.39, 0.29) is 0 Å². The van der Waals surface area contributed by atoms with Crippen molar-refractivity contribution in [2.75, 3.05) is 0 Å². The second kappa shape index (κ2) is 6.17. The zero-order valence-corrected chi connectivity index (χ0v) is 14.0. The Morgan fingerprint density at radius 3 is 2.90 bits per heavy atom. The summed E-state index contributed by atoms with van der Waals surface area (Å²) in [7, 11) is 1.91. The lowest BCUT2D eigenvalue weighted by atomic mass is 10.2. The molecule has 21 heavy (non-hydrogen) atoms. The second-order valence-corrected chi connectivity index (χ2v) is 7.23. The summed E-state index contributed by atoms with van der Waals surface area (Å²) in [5, 5.41) is 14.5. The molecule has 1 aromatic carbocycles. The van der Waals surface area contributed by atoms with E-state index in [4.69, 9.17) is 11.6 Å². The third-order valence-electron chi connectivity index (χ3n) is 2.90. The number of thioether (sulfide) groups is 1. The van der Waals surface area contributed by atoms with E-state index in [0.29, 0.717) is 0 Å². The standard InChI is InChI=1S/C14H13ClN4S2/c1-9-12(7-19(2)18-9)13-16-17-14(21-13)20-8-10-4-3-5-11(15)6-10/h3-7H,8H2,1-2H3. The summed E-state index contributed by atoms with van der Waals surface area (Å²) in [5.41, 5.74) is 3.20. The van der Waals surface area contributed by atoms with E-state index < -0.39 is 0 Å². The summed E-state index contributed by atoms with van der Waals surface area (Å²) >= 11 is 9.25. The first-order valence-electron chi connectivity index (χ1n) is 6.33. The lowest BCUT2D eigenvalue weighted by Crippen LogP contribution is -1.86. The van der Waals surface area contributed by atoms with Gasteiger partial charge in [0.25, 0.3) is 0 Å². The van der Waals surface area contributed by atoms with Gasteiger partial charge in [-0.2, -0.15) is 5.10 Å². The van der Waals surface area contributed by atoms with Gasteiger partial charge in [0.1, 0.15) is 0 Å². The normalized spacial score (nSPS) is 11.0. The van der Waals surface area contributed by atoms with Gasteiger partial charge in [-0.3, -0.25) is 4.68 Å². The maximum absolute atomic E-state index is 5.99. The largest absolute Gasteiger partial charge is 0.275 e. The SMILES string of the molecule is Cc1nn(C)cc1-c1nnc(SCc2cccc(Cl)c2)s1. The van der Waals surface area contributed by atoms with Crippen LogP contribution in [0, 0.1) is 6.92 Å². The molecule has 0 fully saturated rings. The highest BCUT2D eigenvalue weighted by Gasteiger charge is 2.12. The number of halogens is 1. The lowest BCUT2D eigenvalue weighted by molar-refractivity contribution is 0.756. The number of nitrogens with zero attached hydrogens (tertiary/aromatic N) is 4. The van der Waals surface area contributed by atoms with Crippen LogP contribution in [0.4, 0.5) is 0 Å². The lowest BCUT2D eigenvalue weighted by Gasteiger charge is -1.98. The molecule has 2 aromatic heterocycles. The van der Waals surface area contributed by atoms with Crippen molar-refractivity contribution in [3.8, 4) is 10.6 Å². The Bertz CT molecular complexity index is 766. The van der Waals surface area contributed by atoms with Crippen molar-refractivity contribution in [3.05, 3.63) is 46.7 Å². The number of aromatic nitrogens is 4. The minimum atomic E-state index is 0.761. The van der Waals surface area contributed by atoms with Crippen molar-refractivity contribution in [1.29, 1.82) is 0 Å². The smallest absolute Gasteiger partial charge is 0.174 e. The predicted octanol–water partition coefficient (Wildman–Crippen LogP) is 4.19. The summed E-state index contributed by atoms with van der Waals surface area (Å²) < 4.78 is 2.75. The summed E-state index contributed by atoms with van der Waals surface area (Å²) in [6, 6.07) is 7.88. The molecular formula is C14H13ClN4S2. The van der Waals surface area contributed by atoms with E-state index in [0.717, 1.165) is 31.4 Å². The first-order valence-corrected chi connectivity index (χ1v) is 8.51. The maximum Gasteiger partial charge on any atom is 0.174 e. The molecule has 0 atom stereocenters. The van der Waals surface area contributed by atoms with Crippen LogP contribution in [0.25, 0.3) is 10.6 Å². The molecule has 2 heterocycles. The molecule has 0 saturated heterocycles. The molecule has 0 amide bonds. The molecule has 3 aromatic rings. The third kappa shape index (κ3) is 3.45. The van der Waals surface area contributed by atoms with Crippen molar-refractivity contribution in [3.63, 3.8) is 0 Å². The Hall–Kier alpha value is -1.37. The van der Waals surface area contributed by atoms with Crippen molar-refractivity contribution < 1.29 is 0 Å². The number of benzene rings is 1. The fraction of sp³-hybridized carbons (Fsp3) is 0.214. The highest BCUT2D eigenvalue weighted by Crippen LogP contribution is 2.32. The Morgan fingerprint density at radius 1 is 1.33 bits per heavy atom. The summed E-state index contributed by atoms with van der Waals surface area (Å²) in [6.45, 7) is 1.98. The van der Waals surface area contributed by atoms with E-state index in [9.17, 15) is 0 Å². The zero-order chi connectivity index (χ0) is 14.8. The topological polar surface area (TPSA) is 43.6 Å². The van der Waals surface area contributed by atoms with Crippen LogP contribution >= 0.6 is 34.7 Å². The molecule has 0 N–H and O–H groups in total. The Labute approximate surface area is 136 Å². The molecule has 108 valence electrons. The quantitative estimate of drug-likeness (QED) is 0.670. The van der Waals surface area contributed by atoms with E-state index >= 15 is 0 Å². The molecule has 0 radical (unpaired) electrons. The molecule has 0 aliphatic rings. The minimum Gasteiger partial charge on any atom is -0.275 e. The molecule has 0 unspecified atom stereocenters. The van der Waals surface area contributed by atoms with Gasteiger partial charge < -0.3 is 0 Å². The van der Waals surface area contributed by atoms with Crippen LogP contribution in [-0.2, 0) is 12.8 Å². The van der Waals surface area contributed by atoms with Crippen LogP contribution < -0.4 is 0 Å². The molecule has 0 aliphatic heterocycles. The van der Waals surface area contributed by atoms with E-state index in [1.807, 2.05) is 38.4 Å². The van der Waals surface area contributed by atoms with Crippen LogP contribution in [-0.4, -0.2) is 20.0 Å². The summed E-state index contributed by atoms with van der Waals surface area (Å²) in [5.74, 6) is 0.835. The number of hydrogen-bond donors (Lipinski definition) is 0. The molecule has 0 saturated carbocycles. The van der Waals surface area contributed by atoms with Crippen LogP contribution in [0.15, 0.2) is 34.8 Å². The molecule has 3 rings (SSSR count). The highest BCUT2D eigenvalue weighted by atomic mass is 35.5. The molecule has 4 nitrogen and oxygen atoms in total. The van der Waals surface area contributed by atoms with Crippen molar-refractivity contribution in [2.24, 2.45) is 7.05 Å². The fourth-order valence-corrected chi connectivity index (χ4v) is 4.03. The van der Waals surface area contributed by atoms with E-state index in [2.05, 4.69) is 21.4 Å². The van der Waals surface area contributed by atoms with E-state index in [1.165, 1.54) is 5.56 Å². The maximum atomic E-state index is 5.99. The van der Waals surface area contributed by atoms with Gasteiger partial charge in [0.2, 0.25) is 0 Å². The summed E-state index contributed by atoms with van der Waals surface area (Å²) in [4.78, 5) is 0. The van der Waals surface area contributed by atoms with Gasteiger partial charge in [-0.25, -0.2) is 0 Å². The molecule has 0 bridgehead atoms. The van der Waals surface area contributed by atoms with Gasteiger partial charge in [-0.1, -0.05) is 46.8 Å². The van der Waals surface area contributed by atoms with Crippen LogP contribution in [0.1, 0.15) is 11.3 Å². The Kier molecular flexibility index (Phi) is 4.28. The molecular weight excluding hydrogens is 324 g/mol. The first-order chi connectivity index (χ1) is 10.1. The minimum absolute atomic E-state index is 0.761. The van der Waals surface area contributed by atoms with E-state index in [1.54, 1.807) is 27.8 Å². The van der Waals surface area contributed by atoms with Gasteiger partial charge >= 0.3 is 0 Å². The number of rotatable bonds is 4. The van der Waals surface area contributed by atoms with Gasteiger partial charge in [0.15, 0.2) is 9.35 Å². The third-order valence-corrected chi connectivity index (χ3v) is 5.30. The monoisotopic (exact) mass is 336 g/mol.